The van der Waals surface area contributed by atoms with E-state index in [-0.39, 0.29) is 12.0 Å². The number of nitrogens with one attached hydrogen (secondary N) is 1. The van der Waals surface area contributed by atoms with Gasteiger partial charge in [0.1, 0.15) is 0 Å². The number of fused-ring (bicyclic) bond motifs is 1. The standard InChI is InChI=1S/C21H22N4O2/c26-18-5-2-10-25(14-18)13-15-3-1-4-16(11-15)21(27)24-17-6-7-19-20(12-17)23-9-8-22-19/h1,3-4,6-9,11-12,18,26H,2,5,10,13-14H2,(H,24,27)/t18-/m1/s1. The average Bonchev–Trinajstić information content (AvgIpc) is 2.68. The van der Waals surface area contributed by atoms with E-state index >= 15 is 0 Å². The highest BCUT2D eigenvalue weighted by atomic mass is 16.3. The van der Waals surface area contributed by atoms with Gasteiger partial charge in [-0.15, -0.1) is 0 Å². The highest BCUT2D eigenvalue weighted by Crippen LogP contribution is 2.18. The second kappa shape index (κ2) is 7.82. The minimum Gasteiger partial charge on any atom is -0.392 e. The zero-order valence-electron chi connectivity index (χ0n) is 15.0. The smallest absolute Gasteiger partial charge is 0.255 e. The van der Waals surface area contributed by atoms with Crippen LogP contribution in [0.2, 0.25) is 0 Å². The average molecular weight is 362 g/mol. The fourth-order valence-corrected chi connectivity index (χ4v) is 3.49. The predicted octanol–water partition coefficient (Wildman–Crippen LogP) is 2.84. The Bertz CT molecular complexity index is 960. The number of aliphatic hydroxyl groups excluding tert-OH is 1. The van der Waals surface area contributed by atoms with Crippen LogP contribution in [0.25, 0.3) is 11.0 Å². The lowest BCUT2D eigenvalue weighted by atomic mass is 10.1. The van der Waals surface area contributed by atoms with Crippen molar-refractivity contribution in [1.82, 2.24) is 14.9 Å². The summed E-state index contributed by atoms with van der Waals surface area (Å²) in [5, 5.41) is 12.8. The molecule has 1 aliphatic rings. The zero-order valence-corrected chi connectivity index (χ0v) is 15.0. The number of benzene rings is 2. The molecular formula is C21H22N4O2. The second-order valence-corrected chi connectivity index (χ2v) is 6.95. The molecule has 0 saturated carbocycles. The van der Waals surface area contributed by atoms with Gasteiger partial charge in [-0.1, -0.05) is 12.1 Å². The number of carbonyl (C=O) groups excluding carboxylic acids is 1. The Morgan fingerprint density at radius 1 is 1.15 bits per heavy atom. The maximum Gasteiger partial charge on any atom is 0.255 e. The SMILES string of the molecule is O=C(Nc1ccc2nccnc2c1)c1cccc(CN2CCC[C@@H](O)C2)c1. The third kappa shape index (κ3) is 4.30. The molecule has 0 spiro atoms. The third-order valence-electron chi connectivity index (χ3n) is 4.80. The number of aromatic nitrogens is 2. The van der Waals surface area contributed by atoms with Gasteiger partial charge < -0.3 is 10.4 Å². The molecule has 0 bridgehead atoms. The van der Waals surface area contributed by atoms with Crippen LogP contribution in [0.15, 0.2) is 54.9 Å². The minimum atomic E-state index is -0.249. The maximum absolute atomic E-state index is 12.6. The first-order valence-corrected chi connectivity index (χ1v) is 9.19. The van der Waals surface area contributed by atoms with Crippen LogP contribution in [0, 0.1) is 0 Å². The molecule has 6 nitrogen and oxygen atoms in total. The Hall–Kier alpha value is -2.83. The van der Waals surface area contributed by atoms with E-state index in [1.54, 1.807) is 12.4 Å². The molecule has 0 radical (unpaired) electrons. The normalized spacial score (nSPS) is 17.7. The molecule has 3 aromatic rings. The molecule has 4 rings (SSSR count). The van der Waals surface area contributed by atoms with Crippen LogP contribution in [-0.4, -0.2) is 45.1 Å². The highest BCUT2D eigenvalue weighted by molar-refractivity contribution is 6.05. The first-order valence-electron chi connectivity index (χ1n) is 9.19. The van der Waals surface area contributed by atoms with E-state index in [0.29, 0.717) is 17.8 Å². The Morgan fingerprint density at radius 2 is 2.00 bits per heavy atom. The zero-order chi connectivity index (χ0) is 18.6. The summed E-state index contributed by atoms with van der Waals surface area (Å²) < 4.78 is 0. The topological polar surface area (TPSA) is 78.4 Å². The summed E-state index contributed by atoms with van der Waals surface area (Å²) in [7, 11) is 0. The quantitative estimate of drug-likeness (QED) is 0.746. The van der Waals surface area contributed by atoms with Gasteiger partial charge in [-0.2, -0.15) is 0 Å². The van der Waals surface area contributed by atoms with Crippen LogP contribution in [-0.2, 0) is 6.54 Å². The van der Waals surface area contributed by atoms with E-state index in [0.717, 1.165) is 42.5 Å². The van der Waals surface area contributed by atoms with Crippen molar-refractivity contribution in [2.24, 2.45) is 0 Å². The van der Waals surface area contributed by atoms with Crippen molar-refractivity contribution in [2.45, 2.75) is 25.5 Å². The molecule has 2 N–H and O–H groups in total. The number of hydrogen-bond acceptors (Lipinski definition) is 5. The minimum absolute atomic E-state index is 0.154. The van der Waals surface area contributed by atoms with E-state index in [1.165, 1.54) is 0 Å². The molecular weight excluding hydrogens is 340 g/mol. The fraction of sp³-hybridized carbons (Fsp3) is 0.286. The number of piperidine rings is 1. The Morgan fingerprint density at radius 3 is 2.85 bits per heavy atom. The number of amides is 1. The molecule has 1 aromatic heterocycles. The maximum atomic E-state index is 12.6. The molecule has 138 valence electrons. The number of anilines is 1. The van der Waals surface area contributed by atoms with Gasteiger partial charge >= 0.3 is 0 Å². The lowest BCUT2D eigenvalue weighted by Gasteiger charge is -2.30. The van der Waals surface area contributed by atoms with Crippen LogP contribution >= 0.6 is 0 Å². The summed E-state index contributed by atoms with van der Waals surface area (Å²) >= 11 is 0. The van der Waals surface area contributed by atoms with Crippen molar-refractivity contribution >= 4 is 22.6 Å². The summed E-state index contributed by atoms with van der Waals surface area (Å²) in [6, 6.07) is 13.1. The van der Waals surface area contributed by atoms with Crippen molar-refractivity contribution in [3.63, 3.8) is 0 Å². The van der Waals surface area contributed by atoms with Crippen molar-refractivity contribution in [3.05, 3.63) is 66.0 Å². The monoisotopic (exact) mass is 362 g/mol. The summed E-state index contributed by atoms with van der Waals surface area (Å²) in [5.74, 6) is -0.154. The van der Waals surface area contributed by atoms with Gasteiger partial charge in [-0.05, 0) is 55.3 Å². The Kier molecular flexibility index (Phi) is 5.09. The predicted molar refractivity (Wildman–Crippen MR) is 104 cm³/mol. The van der Waals surface area contributed by atoms with Crippen LogP contribution in [0.3, 0.4) is 0 Å². The highest BCUT2D eigenvalue weighted by Gasteiger charge is 2.18. The third-order valence-corrected chi connectivity index (χ3v) is 4.80. The van der Waals surface area contributed by atoms with Crippen LogP contribution in [0.1, 0.15) is 28.8 Å². The molecule has 1 atom stereocenters. The van der Waals surface area contributed by atoms with Gasteiger partial charge in [0.15, 0.2) is 0 Å². The molecule has 2 aromatic carbocycles. The van der Waals surface area contributed by atoms with Gasteiger partial charge in [-0.25, -0.2) is 0 Å². The van der Waals surface area contributed by atoms with Gasteiger partial charge in [0.05, 0.1) is 17.1 Å². The molecule has 2 heterocycles. The molecule has 1 aliphatic heterocycles. The van der Waals surface area contributed by atoms with Gasteiger partial charge in [0.2, 0.25) is 0 Å². The number of β-amino-alcohol motifs (C(OH)–C–C–N with tert-alkyl or cyclic N) is 1. The molecule has 0 aliphatic carbocycles. The molecule has 1 saturated heterocycles. The summed E-state index contributed by atoms with van der Waals surface area (Å²) in [6.07, 6.45) is 4.91. The van der Waals surface area contributed by atoms with Crippen molar-refractivity contribution in [1.29, 1.82) is 0 Å². The van der Waals surface area contributed by atoms with E-state index in [2.05, 4.69) is 20.2 Å². The van der Waals surface area contributed by atoms with E-state index < -0.39 is 0 Å². The summed E-state index contributed by atoms with van der Waals surface area (Å²) in [6.45, 7) is 2.41. The summed E-state index contributed by atoms with van der Waals surface area (Å²) in [5.41, 5.74) is 3.91. The second-order valence-electron chi connectivity index (χ2n) is 6.95. The largest absolute Gasteiger partial charge is 0.392 e. The number of rotatable bonds is 4. The number of likely N-dealkylation sites (tertiary alicyclic amines) is 1. The van der Waals surface area contributed by atoms with E-state index in [9.17, 15) is 9.90 Å². The van der Waals surface area contributed by atoms with Crippen molar-refractivity contribution < 1.29 is 9.90 Å². The number of aliphatic hydroxyl groups is 1. The van der Waals surface area contributed by atoms with E-state index in [1.807, 2.05) is 42.5 Å². The van der Waals surface area contributed by atoms with E-state index in [4.69, 9.17) is 0 Å². The van der Waals surface area contributed by atoms with Crippen molar-refractivity contribution in [3.8, 4) is 0 Å². The van der Waals surface area contributed by atoms with Crippen LogP contribution < -0.4 is 5.32 Å². The lowest BCUT2D eigenvalue weighted by molar-refractivity contribution is 0.0668. The van der Waals surface area contributed by atoms with Gasteiger partial charge in [0.25, 0.3) is 5.91 Å². The first kappa shape index (κ1) is 17.6. The molecule has 0 unspecified atom stereocenters. The Labute approximate surface area is 157 Å². The van der Waals surface area contributed by atoms with Crippen molar-refractivity contribution in [2.75, 3.05) is 18.4 Å². The molecule has 1 fully saturated rings. The van der Waals surface area contributed by atoms with Crippen LogP contribution in [0.5, 0.6) is 0 Å². The number of nitrogens with zero attached hydrogens (tertiary/aromatic N) is 3. The summed E-state index contributed by atoms with van der Waals surface area (Å²) in [4.78, 5) is 23.4. The Balaban J connectivity index is 1.46. The first-order chi connectivity index (χ1) is 13.2. The van der Waals surface area contributed by atoms with Gasteiger partial charge in [-0.3, -0.25) is 19.7 Å². The molecule has 1 amide bonds. The molecule has 6 heteroatoms. The fourth-order valence-electron chi connectivity index (χ4n) is 3.49. The van der Waals surface area contributed by atoms with Gasteiger partial charge in [0, 0.05) is 36.7 Å². The molecule has 27 heavy (non-hydrogen) atoms. The lowest BCUT2D eigenvalue weighted by Crippen LogP contribution is -2.37. The number of carbonyl (C=O) groups is 1. The number of hydrogen-bond donors (Lipinski definition) is 2. The van der Waals surface area contributed by atoms with Crippen LogP contribution in [0.4, 0.5) is 5.69 Å².